The zero-order chi connectivity index (χ0) is 39.3. The molecule has 0 saturated heterocycles. The molecule has 0 saturated carbocycles. The quantitative estimate of drug-likeness (QED) is 0.113. The van der Waals surface area contributed by atoms with Gasteiger partial charge < -0.3 is 25.8 Å². The van der Waals surface area contributed by atoms with Gasteiger partial charge in [-0.05, 0) is 70.8 Å². The smallest absolute Gasteiger partial charge is 0.294 e. The molecule has 0 radical (unpaired) electrons. The molecule has 5 aromatic carbocycles. The third kappa shape index (κ3) is 8.03. The molecule has 0 fully saturated rings. The summed E-state index contributed by atoms with van der Waals surface area (Å²) in [5.41, 5.74) is 5.83. The number of hydrogen-bond acceptors (Lipinski definition) is 11. The zero-order valence-corrected chi connectivity index (χ0v) is 30.2. The minimum atomic E-state index is -4.98. The molecule has 282 valence electrons. The zero-order valence-electron chi connectivity index (χ0n) is 27.8. The summed E-state index contributed by atoms with van der Waals surface area (Å²) >= 11 is 0. The van der Waals surface area contributed by atoms with Crippen molar-refractivity contribution in [1.29, 1.82) is 0 Å². The van der Waals surface area contributed by atoms with Gasteiger partial charge in [-0.1, -0.05) is 30.3 Å². The summed E-state index contributed by atoms with van der Waals surface area (Å²) in [6.45, 7) is -0.667. The molecular formula is C36H31NO14S3. The number of phenolic OH excluding ortho intramolecular Hbond substituents is 3. The van der Waals surface area contributed by atoms with E-state index >= 15 is 0 Å². The van der Waals surface area contributed by atoms with Crippen molar-refractivity contribution in [3.63, 3.8) is 0 Å². The van der Waals surface area contributed by atoms with Gasteiger partial charge in [-0.15, -0.1) is 0 Å². The molecule has 54 heavy (non-hydrogen) atoms. The molecule has 1 aliphatic carbocycles. The number of rotatable bonds is 7. The molecule has 15 nitrogen and oxygen atoms in total. The lowest BCUT2D eigenvalue weighted by Gasteiger charge is -2.21. The highest BCUT2D eigenvalue weighted by Gasteiger charge is 2.26. The summed E-state index contributed by atoms with van der Waals surface area (Å²) in [5, 5.41) is 34.6. The fourth-order valence-electron chi connectivity index (χ4n) is 6.40. The maximum absolute atomic E-state index is 12.5. The van der Waals surface area contributed by atoms with E-state index < -0.39 is 87.6 Å². The Hall–Kier alpha value is -5.50. The van der Waals surface area contributed by atoms with Gasteiger partial charge in [0.2, 0.25) is 0 Å². The van der Waals surface area contributed by atoms with Gasteiger partial charge >= 0.3 is 0 Å². The molecule has 1 aliphatic rings. The number of hydrogen-bond donors (Lipinski definition) is 7. The Morgan fingerprint density at radius 1 is 0.519 bits per heavy atom. The number of amides is 1. The Labute approximate surface area is 309 Å². The first-order chi connectivity index (χ1) is 25.2. The molecule has 0 aromatic heterocycles. The SMILES string of the molecule is NC(=O)COc1c2cc(-c3ccccc3)cc1Cc1cc(S(=O)(=O)O)cc(c1O)Cc1cc(S(=O)(=O)O)cc(c1O)Cc1cc(S(=O)(=O)O)cc(c1O)C2. The number of benzene rings is 5. The molecule has 0 heterocycles. The van der Waals surface area contributed by atoms with Crippen molar-refractivity contribution in [3.8, 4) is 34.1 Å². The molecule has 0 spiro atoms. The summed E-state index contributed by atoms with van der Waals surface area (Å²) in [5.74, 6) is -2.59. The first-order valence-electron chi connectivity index (χ1n) is 15.8. The average Bonchev–Trinajstić information content (AvgIpc) is 3.07. The van der Waals surface area contributed by atoms with Crippen molar-refractivity contribution in [2.45, 2.75) is 40.4 Å². The van der Waals surface area contributed by atoms with Crippen molar-refractivity contribution in [3.05, 3.63) is 123 Å². The van der Waals surface area contributed by atoms with Gasteiger partial charge in [0.15, 0.2) is 6.61 Å². The second-order valence-electron chi connectivity index (χ2n) is 12.6. The normalized spacial score (nSPS) is 13.3. The molecule has 0 unspecified atom stereocenters. The monoisotopic (exact) mass is 797 g/mol. The summed E-state index contributed by atoms with van der Waals surface area (Å²) in [6.07, 6.45) is -1.89. The van der Waals surface area contributed by atoms with E-state index in [1.807, 2.05) is 0 Å². The second-order valence-corrected chi connectivity index (χ2v) is 16.9. The van der Waals surface area contributed by atoms with Crippen LogP contribution in [-0.4, -0.2) is 66.7 Å². The van der Waals surface area contributed by atoms with E-state index in [0.29, 0.717) is 11.1 Å². The van der Waals surface area contributed by atoms with Crippen molar-refractivity contribution in [1.82, 2.24) is 0 Å². The van der Waals surface area contributed by atoms with E-state index in [-0.39, 0.29) is 63.1 Å². The van der Waals surface area contributed by atoms with Crippen LogP contribution in [-0.2, 0) is 60.8 Å². The number of carbonyl (C=O) groups excluding carboxylic acids is 1. The second kappa shape index (κ2) is 14.0. The Balaban J connectivity index is 1.75. The topological polar surface area (TPSA) is 276 Å². The number of fused-ring (bicyclic) bond motifs is 8. The largest absolute Gasteiger partial charge is 0.507 e. The number of carbonyl (C=O) groups is 1. The minimum Gasteiger partial charge on any atom is -0.507 e. The summed E-state index contributed by atoms with van der Waals surface area (Å²) in [6, 6.07) is 17.5. The van der Waals surface area contributed by atoms with Crippen LogP contribution in [0.1, 0.15) is 44.5 Å². The highest BCUT2D eigenvalue weighted by atomic mass is 32.2. The Morgan fingerprint density at radius 2 is 0.833 bits per heavy atom. The standard InChI is InChI=1S/C36H31NO14S3/c37-32(38)18-51-36-27-6-20(19-4-2-1-3-5-19)7-28(36)11-26-17-31(54(48,49)50)15-24(35(26)41)9-22-13-29(52(42,43)44)12-21(33(22)39)8-23-14-30(53(45,46)47)16-25(10-27)34(23)40/h1-7,12-17,39-41H,8-11,18H2,(H2,37,38)(H,42,43,44)(H,45,46,47)(H,48,49,50). The number of aromatic hydroxyl groups is 3. The lowest BCUT2D eigenvalue weighted by atomic mass is 9.89. The van der Waals surface area contributed by atoms with Crippen LogP contribution < -0.4 is 10.5 Å². The molecule has 8 bridgehead atoms. The Morgan fingerprint density at radius 3 is 1.13 bits per heavy atom. The summed E-state index contributed by atoms with van der Waals surface area (Å²) in [7, 11) is -14.9. The highest BCUT2D eigenvalue weighted by Crippen LogP contribution is 2.41. The summed E-state index contributed by atoms with van der Waals surface area (Å²) < 4.78 is 111. The third-order valence-electron chi connectivity index (χ3n) is 8.85. The van der Waals surface area contributed by atoms with Crippen LogP contribution in [0, 0.1) is 0 Å². The maximum Gasteiger partial charge on any atom is 0.294 e. The fraction of sp³-hybridized carbons (Fsp3) is 0.139. The van der Waals surface area contributed by atoms with Crippen LogP contribution in [0.15, 0.2) is 93.5 Å². The van der Waals surface area contributed by atoms with Gasteiger partial charge in [0.25, 0.3) is 36.3 Å². The molecule has 6 rings (SSSR count). The van der Waals surface area contributed by atoms with Crippen molar-refractivity contribution >= 4 is 36.3 Å². The van der Waals surface area contributed by atoms with Crippen LogP contribution in [0.25, 0.3) is 11.1 Å². The van der Waals surface area contributed by atoms with Crippen LogP contribution >= 0.6 is 0 Å². The molecule has 8 N–H and O–H groups in total. The van der Waals surface area contributed by atoms with E-state index in [1.165, 1.54) is 0 Å². The first-order valence-corrected chi connectivity index (χ1v) is 20.1. The molecule has 0 atom stereocenters. The van der Waals surface area contributed by atoms with Crippen molar-refractivity contribution in [2.24, 2.45) is 5.73 Å². The van der Waals surface area contributed by atoms with E-state index in [9.17, 15) is 59.0 Å². The maximum atomic E-state index is 12.5. The lowest BCUT2D eigenvalue weighted by molar-refractivity contribution is -0.119. The Bertz CT molecular complexity index is 2560. The highest BCUT2D eigenvalue weighted by molar-refractivity contribution is 7.86. The van der Waals surface area contributed by atoms with Crippen molar-refractivity contribution < 1.29 is 63.8 Å². The van der Waals surface area contributed by atoms with E-state index in [2.05, 4.69) is 0 Å². The van der Waals surface area contributed by atoms with Crippen LogP contribution in [0.4, 0.5) is 0 Å². The minimum absolute atomic E-state index is 0.0161. The van der Waals surface area contributed by atoms with Crippen LogP contribution in [0.3, 0.4) is 0 Å². The van der Waals surface area contributed by atoms with Gasteiger partial charge in [-0.2, -0.15) is 25.3 Å². The number of primary amides is 1. The van der Waals surface area contributed by atoms with Gasteiger partial charge in [-0.3, -0.25) is 18.5 Å². The van der Waals surface area contributed by atoms with Gasteiger partial charge in [0.05, 0.1) is 14.7 Å². The number of phenols is 3. The average molecular weight is 798 g/mol. The van der Waals surface area contributed by atoms with Gasteiger partial charge in [0.1, 0.15) is 23.0 Å². The van der Waals surface area contributed by atoms with Crippen LogP contribution in [0.5, 0.6) is 23.0 Å². The molecule has 0 aliphatic heterocycles. The predicted molar refractivity (Wildman–Crippen MR) is 192 cm³/mol. The molecular weight excluding hydrogens is 767 g/mol. The third-order valence-corrected chi connectivity index (χ3v) is 11.3. The lowest BCUT2D eigenvalue weighted by Crippen LogP contribution is -2.21. The van der Waals surface area contributed by atoms with Gasteiger partial charge in [0, 0.05) is 59.1 Å². The number of nitrogens with two attached hydrogens (primary N) is 1. The molecule has 18 heteroatoms. The fourth-order valence-corrected chi connectivity index (χ4v) is 8.15. The van der Waals surface area contributed by atoms with Crippen LogP contribution in [0.2, 0.25) is 0 Å². The number of ether oxygens (including phenoxy) is 1. The molecule has 5 aromatic rings. The van der Waals surface area contributed by atoms with E-state index in [4.69, 9.17) is 10.5 Å². The Kier molecular flexibility index (Phi) is 9.95. The van der Waals surface area contributed by atoms with E-state index in [1.54, 1.807) is 42.5 Å². The molecule has 1 amide bonds. The predicted octanol–water partition coefficient (Wildman–Crippen LogP) is 3.75. The summed E-state index contributed by atoms with van der Waals surface area (Å²) in [4.78, 5) is 9.88. The van der Waals surface area contributed by atoms with Gasteiger partial charge in [-0.25, -0.2) is 0 Å². The van der Waals surface area contributed by atoms with E-state index in [0.717, 1.165) is 36.4 Å². The van der Waals surface area contributed by atoms with Crippen molar-refractivity contribution in [2.75, 3.05) is 6.61 Å². The first kappa shape index (κ1) is 38.2.